The summed E-state index contributed by atoms with van der Waals surface area (Å²) >= 11 is 7.24. The number of furan rings is 1. The molecule has 1 aromatic carbocycles. The van der Waals surface area contributed by atoms with Crippen molar-refractivity contribution in [1.29, 1.82) is 0 Å². The number of benzene rings is 1. The number of carbonyl (C=O) groups excluding carboxylic acids is 2. The number of ether oxygens (including phenoxy) is 1. The van der Waals surface area contributed by atoms with Crippen molar-refractivity contribution in [1.82, 2.24) is 15.5 Å². The van der Waals surface area contributed by atoms with Gasteiger partial charge in [-0.25, -0.2) is 9.78 Å². The Kier molecular flexibility index (Phi) is 7.66. The van der Waals surface area contributed by atoms with Gasteiger partial charge in [0.05, 0.1) is 17.8 Å². The second-order valence-electron chi connectivity index (χ2n) is 7.20. The van der Waals surface area contributed by atoms with Gasteiger partial charge in [0.15, 0.2) is 6.61 Å². The maximum Gasteiger partial charge on any atom is 0.341 e. The third-order valence-corrected chi connectivity index (χ3v) is 5.90. The lowest BCUT2D eigenvalue weighted by Gasteiger charge is -2.08. The highest BCUT2D eigenvalue weighted by Gasteiger charge is 2.17. The molecule has 1 N–H and O–H groups in total. The van der Waals surface area contributed by atoms with Crippen molar-refractivity contribution < 1.29 is 23.3 Å². The second-order valence-corrected chi connectivity index (χ2v) is 8.60. The van der Waals surface area contributed by atoms with E-state index in [9.17, 15) is 9.59 Å². The highest BCUT2D eigenvalue weighted by Crippen LogP contribution is 2.25. The zero-order valence-electron chi connectivity index (χ0n) is 18.1. The van der Waals surface area contributed by atoms with E-state index in [1.807, 2.05) is 24.3 Å². The van der Waals surface area contributed by atoms with Gasteiger partial charge in [-0.15, -0.1) is 0 Å². The van der Waals surface area contributed by atoms with E-state index in [4.69, 9.17) is 25.3 Å². The van der Waals surface area contributed by atoms with Gasteiger partial charge in [-0.05, 0) is 55.5 Å². The number of esters is 1. The summed E-state index contributed by atoms with van der Waals surface area (Å²) in [5.41, 5.74) is 1.89. The molecule has 0 aliphatic rings. The number of pyridine rings is 1. The minimum atomic E-state index is -0.634. The first-order valence-corrected chi connectivity index (χ1v) is 11.6. The number of carbonyl (C=O) groups is 2. The molecule has 174 valence electrons. The van der Waals surface area contributed by atoms with Crippen molar-refractivity contribution in [3.05, 3.63) is 88.6 Å². The number of aromatic nitrogens is 2. The highest BCUT2D eigenvalue weighted by molar-refractivity contribution is 7.98. The summed E-state index contributed by atoms with van der Waals surface area (Å²) in [6, 6.07) is 15.9. The van der Waals surface area contributed by atoms with E-state index in [1.165, 1.54) is 11.8 Å². The third kappa shape index (κ3) is 6.27. The molecule has 0 unspecified atom stereocenters. The Balaban J connectivity index is 1.26. The van der Waals surface area contributed by atoms with E-state index in [0.717, 1.165) is 11.3 Å². The van der Waals surface area contributed by atoms with Gasteiger partial charge in [0, 0.05) is 28.6 Å². The molecule has 4 aromatic rings. The van der Waals surface area contributed by atoms with E-state index in [1.54, 1.807) is 43.5 Å². The van der Waals surface area contributed by atoms with Gasteiger partial charge < -0.3 is 19.0 Å². The first-order valence-electron chi connectivity index (χ1n) is 10.3. The van der Waals surface area contributed by atoms with Gasteiger partial charge >= 0.3 is 5.97 Å². The van der Waals surface area contributed by atoms with Crippen molar-refractivity contribution in [2.45, 2.75) is 24.2 Å². The molecule has 0 atom stereocenters. The summed E-state index contributed by atoms with van der Waals surface area (Å²) in [5, 5.41) is 7.72. The van der Waals surface area contributed by atoms with Crippen LogP contribution < -0.4 is 5.32 Å². The molecule has 0 saturated heterocycles. The summed E-state index contributed by atoms with van der Waals surface area (Å²) < 4.78 is 16.0. The van der Waals surface area contributed by atoms with Crippen LogP contribution in [0.15, 0.2) is 74.8 Å². The molecule has 8 nitrogen and oxygen atoms in total. The van der Waals surface area contributed by atoms with Crippen molar-refractivity contribution in [3.63, 3.8) is 0 Å². The lowest BCUT2D eigenvalue weighted by atomic mass is 10.2. The Labute approximate surface area is 204 Å². The van der Waals surface area contributed by atoms with Crippen LogP contribution in [0, 0.1) is 6.92 Å². The zero-order valence-corrected chi connectivity index (χ0v) is 19.7. The molecule has 4 rings (SSSR count). The first kappa shape index (κ1) is 23.6. The number of hydrogen-bond acceptors (Lipinski definition) is 8. The number of amides is 1. The molecule has 0 spiro atoms. The van der Waals surface area contributed by atoms with Crippen LogP contribution >= 0.6 is 23.4 Å². The highest BCUT2D eigenvalue weighted by atomic mass is 35.5. The molecule has 3 aromatic heterocycles. The number of nitrogens with zero attached hydrogens (tertiary/aromatic N) is 2. The zero-order chi connectivity index (χ0) is 23.9. The lowest BCUT2D eigenvalue weighted by molar-refractivity contribution is -0.124. The largest absolute Gasteiger partial charge is 0.459 e. The molecule has 0 aliphatic carbocycles. The summed E-state index contributed by atoms with van der Waals surface area (Å²) in [6.45, 7) is 1.54. The molecule has 0 aliphatic heterocycles. The molecule has 0 saturated carbocycles. The van der Waals surface area contributed by atoms with E-state index in [-0.39, 0.29) is 12.1 Å². The molecule has 3 heterocycles. The molecular formula is C24H20ClN3O5S. The van der Waals surface area contributed by atoms with Crippen LogP contribution in [0.4, 0.5) is 0 Å². The van der Waals surface area contributed by atoms with Crippen LogP contribution in [-0.2, 0) is 21.8 Å². The number of thioether (sulfide) groups is 1. The molecule has 34 heavy (non-hydrogen) atoms. The summed E-state index contributed by atoms with van der Waals surface area (Å²) in [7, 11) is 0. The Hall–Kier alpha value is -3.56. The van der Waals surface area contributed by atoms with Crippen molar-refractivity contribution in [3.8, 4) is 11.3 Å². The fraction of sp³-hybridized carbons (Fsp3) is 0.167. The third-order valence-electron chi connectivity index (χ3n) is 4.61. The average Bonchev–Trinajstić information content (AvgIpc) is 3.49. The Bertz CT molecular complexity index is 1290. The first-order chi connectivity index (χ1) is 16.5. The number of hydrogen-bond donors (Lipinski definition) is 1. The monoisotopic (exact) mass is 497 g/mol. The normalized spacial score (nSPS) is 10.8. The van der Waals surface area contributed by atoms with Crippen LogP contribution in [0.5, 0.6) is 0 Å². The standard InChI is InChI=1S/C24H20ClN3O5S/c1-15-11-18(28-33-15)14-34-23-20(3-2-10-26-23)24(30)31-13-22(29)27-12-19-8-9-21(32-19)16-4-6-17(25)7-5-16/h2-11H,12-14H2,1H3,(H,27,29). The van der Waals surface area contributed by atoms with Crippen molar-refractivity contribution >= 4 is 35.2 Å². The van der Waals surface area contributed by atoms with Gasteiger partial charge in [-0.1, -0.05) is 28.5 Å². The van der Waals surface area contributed by atoms with E-state index in [0.29, 0.717) is 33.1 Å². The SMILES string of the molecule is Cc1cc(CSc2ncccc2C(=O)OCC(=O)NCc2ccc(-c3ccc(Cl)cc3)o2)no1. The van der Waals surface area contributed by atoms with Crippen LogP contribution in [0.3, 0.4) is 0 Å². The molecule has 1 amide bonds. The van der Waals surface area contributed by atoms with E-state index >= 15 is 0 Å². The number of nitrogens with one attached hydrogen (secondary N) is 1. The van der Waals surface area contributed by atoms with Crippen LogP contribution in [0.2, 0.25) is 5.02 Å². The Morgan fingerprint density at radius 1 is 1.15 bits per heavy atom. The van der Waals surface area contributed by atoms with Crippen LogP contribution in [-0.4, -0.2) is 28.6 Å². The number of rotatable bonds is 9. The smallest absolute Gasteiger partial charge is 0.341 e. The Morgan fingerprint density at radius 2 is 1.97 bits per heavy atom. The topological polar surface area (TPSA) is 107 Å². The average molecular weight is 498 g/mol. The molecule has 10 heteroatoms. The molecule has 0 radical (unpaired) electrons. The summed E-state index contributed by atoms with van der Waals surface area (Å²) in [4.78, 5) is 28.9. The van der Waals surface area contributed by atoms with Gasteiger partial charge in [0.25, 0.3) is 5.91 Å². The maximum atomic E-state index is 12.5. The fourth-order valence-electron chi connectivity index (χ4n) is 2.98. The van der Waals surface area contributed by atoms with E-state index < -0.39 is 18.5 Å². The molecule has 0 fully saturated rings. The Morgan fingerprint density at radius 3 is 2.74 bits per heavy atom. The summed E-state index contributed by atoms with van der Waals surface area (Å²) in [6.07, 6.45) is 1.58. The number of aryl methyl sites for hydroxylation is 1. The maximum absolute atomic E-state index is 12.5. The predicted octanol–water partition coefficient (Wildman–Crippen LogP) is 5.06. The molecular weight excluding hydrogens is 478 g/mol. The van der Waals surface area contributed by atoms with E-state index in [2.05, 4.69) is 15.5 Å². The minimum Gasteiger partial charge on any atom is -0.459 e. The van der Waals surface area contributed by atoms with Crippen LogP contribution in [0.25, 0.3) is 11.3 Å². The van der Waals surface area contributed by atoms with Gasteiger partial charge in [-0.2, -0.15) is 0 Å². The number of halogens is 1. The predicted molar refractivity (Wildman–Crippen MR) is 126 cm³/mol. The quantitative estimate of drug-likeness (QED) is 0.252. The van der Waals surface area contributed by atoms with Crippen LogP contribution in [0.1, 0.15) is 27.6 Å². The molecule has 0 bridgehead atoms. The van der Waals surface area contributed by atoms with Gasteiger partial charge in [-0.3, -0.25) is 4.79 Å². The minimum absolute atomic E-state index is 0.162. The second kappa shape index (κ2) is 11.0. The van der Waals surface area contributed by atoms with Gasteiger partial charge in [0.2, 0.25) is 0 Å². The lowest BCUT2D eigenvalue weighted by Crippen LogP contribution is -2.28. The van der Waals surface area contributed by atoms with Gasteiger partial charge in [0.1, 0.15) is 22.3 Å². The fourth-order valence-corrected chi connectivity index (χ4v) is 3.97. The summed E-state index contributed by atoms with van der Waals surface area (Å²) in [5.74, 6) is 1.33. The van der Waals surface area contributed by atoms with Crippen molar-refractivity contribution in [2.75, 3.05) is 6.61 Å². The van der Waals surface area contributed by atoms with Crippen molar-refractivity contribution in [2.24, 2.45) is 0 Å².